The Morgan fingerprint density at radius 1 is 1.22 bits per heavy atom. The second kappa shape index (κ2) is 4.75. The van der Waals surface area contributed by atoms with E-state index >= 15 is 0 Å². The first-order valence-corrected chi connectivity index (χ1v) is 5.25. The first-order chi connectivity index (χ1) is 8.59. The van der Waals surface area contributed by atoms with Gasteiger partial charge in [0.15, 0.2) is 5.76 Å². The van der Waals surface area contributed by atoms with Gasteiger partial charge in [-0.1, -0.05) is 18.2 Å². The van der Waals surface area contributed by atoms with E-state index in [2.05, 4.69) is 5.32 Å². The zero-order chi connectivity index (χ0) is 13.1. The maximum absolute atomic E-state index is 11.9. The Balaban J connectivity index is 2.28. The first-order valence-electron chi connectivity index (χ1n) is 5.25. The fourth-order valence-electron chi connectivity index (χ4n) is 1.55. The summed E-state index contributed by atoms with van der Waals surface area (Å²) >= 11 is 0. The second-order valence-corrected chi connectivity index (χ2v) is 3.72. The lowest BCUT2D eigenvalue weighted by Gasteiger charge is -2.10. The van der Waals surface area contributed by atoms with Crippen LogP contribution in [0.3, 0.4) is 0 Å². The van der Waals surface area contributed by atoms with Crippen molar-refractivity contribution >= 4 is 17.6 Å². The number of furan rings is 1. The fraction of sp³-hybridized carbons (Fsp3) is 0.0769. The molecule has 1 heterocycles. The van der Waals surface area contributed by atoms with E-state index in [-0.39, 0.29) is 17.0 Å². The molecule has 1 amide bonds. The summed E-state index contributed by atoms with van der Waals surface area (Å²) in [7, 11) is 0. The van der Waals surface area contributed by atoms with Crippen LogP contribution in [0.15, 0.2) is 41.0 Å². The first kappa shape index (κ1) is 11.9. The maximum Gasteiger partial charge on any atom is 0.291 e. The largest absolute Gasteiger partial charge is 0.545 e. The molecule has 5 heteroatoms. The molecule has 0 fully saturated rings. The van der Waals surface area contributed by atoms with Gasteiger partial charge in [0.05, 0.1) is 17.9 Å². The van der Waals surface area contributed by atoms with E-state index < -0.39 is 11.9 Å². The van der Waals surface area contributed by atoms with Gasteiger partial charge in [0.25, 0.3) is 5.91 Å². The van der Waals surface area contributed by atoms with Crippen LogP contribution in [0.5, 0.6) is 0 Å². The number of nitrogens with one attached hydrogen (secondary N) is 1. The summed E-state index contributed by atoms with van der Waals surface area (Å²) in [5, 5.41) is 13.4. The van der Waals surface area contributed by atoms with Crippen LogP contribution < -0.4 is 10.4 Å². The lowest BCUT2D eigenvalue weighted by atomic mass is 10.1. The van der Waals surface area contributed by atoms with E-state index in [1.54, 1.807) is 25.1 Å². The Morgan fingerprint density at radius 2 is 1.94 bits per heavy atom. The standard InChI is InChI=1S/C13H11NO4/c1-8-6-7-18-11(8)12(15)14-10-5-3-2-4-9(10)13(16)17/h2-7H,1H3,(H,14,15)(H,16,17)/p-1. The van der Waals surface area contributed by atoms with Crippen molar-refractivity contribution in [1.82, 2.24) is 0 Å². The summed E-state index contributed by atoms with van der Waals surface area (Å²) < 4.78 is 5.02. The Bertz CT molecular complexity index is 601. The highest BCUT2D eigenvalue weighted by Crippen LogP contribution is 2.17. The number of hydrogen-bond acceptors (Lipinski definition) is 4. The number of carboxylic acid groups (broad SMARTS) is 1. The van der Waals surface area contributed by atoms with Crippen molar-refractivity contribution in [3.05, 3.63) is 53.5 Å². The molecule has 1 aromatic carbocycles. The molecular weight excluding hydrogens is 234 g/mol. The molecule has 0 spiro atoms. The van der Waals surface area contributed by atoms with Crippen LogP contribution >= 0.6 is 0 Å². The minimum atomic E-state index is -1.35. The number of carbonyl (C=O) groups is 2. The fourth-order valence-corrected chi connectivity index (χ4v) is 1.55. The molecule has 0 bridgehead atoms. The molecule has 2 aromatic rings. The predicted molar refractivity (Wildman–Crippen MR) is 62.2 cm³/mol. The SMILES string of the molecule is Cc1ccoc1C(=O)Nc1ccccc1C(=O)[O-]. The van der Waals surface area contributed by atoms with Gasteiger partial charge in [-0.3, -0.25) is 4.79 Å². The van der Waals surface area contributed by atoms with Crippen LogP contribution in [0.2, 0.25) is 0 Å². The Kier molecular flexibility index (Phi) is 3.14. The Hall–Kier alpha value is -2.56. The van der Waals surface area contributed by atoms with Crippen LogP contribution in [-0.4, -0.2) is 11.9 Å². The molecule has 5 nitrogen and oxygen atoms in total. The number of aromatic carboxylic acids is 1. The molecule has 0 aliphatic rings. The average Bonchev–Trinajstić information content (AvgIpc) is 2.76. The van der Waals surface area contributed by atoms with Crippen molar-refractivity contribution < 1.29 is 19.1 Å². The van der Waals surface area contributed by atoms with Gasteiger partial charge in [-0.25, -0.2) is 0 Å². The predicted octanol–water partition coefficient (Wildman–Crippen LogP) is 1.20. The van der Waals surface area contributed by atoms with E-state index in [0.29, 0.717) is 5.56 Å². The van der Waals surface area contributed by atoms with Gasteiger partial charge in [-0.2, -0.15) is 0 Å². The summed E-state index contributed by atoms with van der Waals surface area (Å²) in [6.45, 7) is 1.73. The molecule has 1 aromatic heterocycles. The number of amides is 1. The summed E-state index contributed by atoms with van der Waals surface area (Å²) in [5.41, 5.74) is 0.784. The van der Waals surface area contributed by atoms with Crippen molar-refractivity contribution in [3.63, 3.8) is 0 Å². The number of benzene rings is 1. The van der Waals surface area contributed by atoms with E-state index in [9.17, 15) is 14.7 Å². The molecule has 0 unspecified atom stereocenters. The average molecular weight is 244 g/mol. The zero-order valence-corrected chi connectivity index (χ0v) is 9.60. The smallest absolute Gasteiger partial charge is 0.291 e. The third kappa shape index (κ3) is 2.24. The van der Waals surface area contributed by atoms with Crippen LogP contribution in [0.25, 0.3) is 0 Å². The highest BCUT2D eigenvalue weighted by atomic mass is 16.4. The van der Waals surface area contributed by atoms with Crippen LogP contribution in [0.4, 0.5) is 5.69 Å². The third-order valence-corrected chi connectivity index (χ3v) is 2.46. The van der Waals surface area contributed by atoms with Crippen LogP contribution in [0, 0.1) is 6.92 Å². The van der Waals surface area contributed by atoms with Crippen molar-refractivity contribution in [2.45, 2.75) is 6.92 Å². The van der Waals surface area contributed by atoms with E-state index in [0.717, 1.165) is 0 Å². The van der Waals surface area contributed by atoms with Crippen molar-refractivity contribution in [2.75, 3.05) is 5.32 Å². The topological polar surface area (TPSA) is 82.4 Å². The highest BCUT2D eigenvalue weighted by Gasteiger charge is 2.14. The molecule has 0 saturated carbocycles. The molecule has 18 heavy (non-hydrogen) atoms. The minimum Gasteiger partial charge on any atom is -0.545 e. The van der Waals surface area contributed by atoms with Crippen molar-refractivity contribution in [3.8, 4) is 0 Å². The Morgan fingerprint density at radius 3 is 2.56 bits per heavy atom. The Labute approximate surface area is 103 Å². The molecule has 0 atom stereocenters. The number of anilines is 1. The quantitative estimate of drug-likeness (QED) is 0.879. The van der Waals surface area contributed by atoms with Gasteiger partial charge in [0.2, 0.25) is 0 Å². The second-order valence-electron chi connectivity index (χ2n) is 3.72. The lowest BCUT2D eigenvalue weighted by molar-refractivity contribution is -0.254. The maximum atomic E-state index is 11.9. The molecule has 1 N–H and O–H groups in total. The molecule has 0 aliphatic heterocycles. The van der Waals surface area contributed by atoms with Gasteiger partial charge in [0, 0.05) is 11.1 Å². The van der Waals surface area contributed by atoms with Crippen molar-refractivity contribution in [1.29, 1.82) is 0 Å². The van der Waals surface area contributed by atoms with E-state index in [1.165, 1.54) is 18.4 Å². The normalized spacial score (nSPS) is 10.1. The van der Waals surface area contributed by atoms with Gasteiger partial charge in [0.1, 0.15) is 0 Å². The number of aryl methyl sites for hydroxylation is 1. The molecule has 2 rings (SSSR count). The van der Waals surface area contributed by atoms with E-state index in [1.807, 2.05) is 0 Å². The lowest BCUT2D eigenvalue weighted by Crippen LogP contribution is -2.24. The summed E-state index contributed by atoms with van der Waals surface area (Å²) in [6.07, 6.45) is 1.40. The number of para-hydroxylation sites is 1. The minimum absolute atomic E-state index is 0.0740. The van der Waals surface area contributed by atoms with Gasteiger partial charge >= 0.3 is 0 Å². The number of carbonyl (C=O) groups excluding carboxylic acids is 2. The molecular formula is C13H10NO4-. The molecule has 0 radical (unpaired) electrons. The van der Waals surface area contributed by atoms with Gasteiger partial charge < -0.3 is 19.6 Å². The number of carboxylic acids is 1. The summed E-state index contributed by atoms with van der Waals surface area (Å²) in [5.74, 6) is -1.68. The number of rotatable bonds is 3. The van der Waals surface area contributed by atoms with Gasteiger partial charge in [-0.15, -0.1) is 0 Å². The molecule has 0 aliphatic carbocycles. The third-order valence-electron chi connectivity index (χ3n) is 2.46. The summed E-state index contributed by atoms with van der Waals surface area (Å²) in [6, 6.07) is 7.68. The molecule has 0 saturated heterocycles. The molecule has 92 valence electrons. The number of hydrogen-bond donors (Lipinski definition) is 1. The summed E-state index contributed by atoms with van der Waals surface area (Å²) in [4.78, 5) is 22.7. The van der Waals surface area contributed by atoms with Crippen LogP contribution in [0.1, 0.15) is 26.5 Å². The van der Waals surface area contributed by atoms with E-state index in [4.69, 9.17) is 4.42 Å². The van der Waals surface area contributed by atoms with Gasteiger partial charge in [-0.05, 0) is 19.1 Å². The van der Waals surface area contributed by atoms with Crippen LogP contribution in [-0.2, 0) is 0 Å². The zero-order valence-electron chi connectivity index (χ0n) is 9.60. The monoisotopic (exact) mass is 244 g/mol. The van der Waals surface area contributed by atoms with Crippen molar-refractivity contribution in [2.24, 2.45) is 0 Å². The highest BCUT2D eigenvalue weighted by molar-refractivity contribution is 6.06.